The summed E-state index contributed by atoms with van der Waals surface area (Å²) in [6.45, 7) is 12.8. The molecule has 5 heterocycles. The number of para-hydroxylation sites is 4. The van der Waals surface area contributed by atoms with Gasteiger partial charge in [0.05, 0.1) is 47.2 Å². The summed E-state index contributed by atoms with van der Waals surface area (Å²) in [5, 5.41) is 0. The summed E-state index contributed by atoms with van der Waals surface area (Å²) in [4.78, 5) is 70.1. The van der Waals surface area contributed by atoms with Gasteiger partial charge in [0, 0.05) is 66.6 Å². The third-order valence-corrected chi connectivity index (χ3v) is 12.2. The number of carbonyl (C=O) groups is 4. The molecule has 8 bridgehead atoms. The van der Waals surface area contributed by atoms with Crippen molar-refractivity contribution in [2.45, 2.75) is 79.8 Å². The van der Waals surface area contributed by atoms with Crippen molar-refractivity contribution in [3.8, 4) is 67.5 Å². The number of hydrogen-bond acceptors (Lipinski definition) is 14. The van der Waals surface area contributed by atoms with E-state index in [-0.39, 0.29) is 50.8 Å². The quantitative estimate of drug-likeness (QED) is 0.0539. The number of hydrogen-bond donors (Lipinski definition) is 2. The van der Waals surface area contributed by atoms with Crippen molar-refractivity contribution in [3.05, 3.63) is 144 Å². The average Bonchev–Trinajstić information content (AvgIpc) is 4.43. The zero-order valence-corrected chi connectivity index (χ0v) is 45.8. The topological polar surface area (TPSA) is 199 Å². The summed E-state index contributed by atoms with van der Waals surface area (Å²) in [7, 11) is 0. The van der Waals surface area contributed by atoms with Gasteiger partial charge in [-0.25, -0.2) is 29.1 Å². The summed E-state index contributed by atoms with van der Waals surface area (Å²) in [5.41, 5.74) is 9.51. The smallest absolute Gasteiger partial charge is 0.344 e. The Morgan fingerprint density at radius 3 is 0.762 bits per heavy atom. The average molecular weight is 1080 g/mol. The highest BCUT2D eigenvalue weighted by Gasteiger charge is 2.25. The Labute approximate surface area is 463 Å². The molecule has 0 aliphatic carbocycles. The van der Waals surface area contributed by atoms with E-state index in [1.807, 2.05) is 121 Å². The standard InChI is InChI=1S/C64H62N4O12/c1-37(2)77-57(69)33-73-53-21-13-9-17-41(53)61-45-25-27-47(65-45)62(42-18-10-14-22-54(42)74-34-58(70)78-38(3)4)49-29-31-51(67-49)64(44-20-12-16-24-56(44)76-36-60(72)80-40(7)8)52-32-30-50(68-52)63(48-28-26-46(61)66-48)43-19-11-15-23-55(43)75-35-59(71)79-39(5)6/h9-32,37-40,65,68H,33-36H2,1-8H3. The lowest BCUT2D eigenvalue weighted by Crippen LogP contribution is -2.18. The van der Waals surface area contributed by atoms with Gasteiger partial charge in [-0.05, 0) is 128 Å². The van der Waals surface area contributed by atoms with E-state index in [4.69, 9.17) is 47.9 Å². The lowest BCUT2D eigenvalue weighted by Gasteiger charge is -2.14. The zero-order chi connectivity index (χ0) is 56.5. The zero-order valence-electron chi connectivity index (χ0n) is 45.8. The molecule has 16 nitrogen and oxygen atoms in total. The third kappa shape index (κ3) is 13.1. The van der Waals surface area contributed by atoms with Crippen LogP contribution in [0.1, 0.15) is 78.2 Å². The highest BCUT2D eigenvalue weighted by atomic mass is 16.6. The molecule has 2 aliphatic heterocycles. The van der Waals surface area contributed by atoms with Crippen molar-refractivity contribution in [1.82, 2.24) is 19.9 Å². The van der Waals surface area contributed by atoms with Crippen LogP contribution in [0.15, 0.2) is 121 Å². The first-order chi connectivity index (χ1) is 38.6. The van der Waals surface area contributed by atoms with E-state index in [1.54, 1.807) is 79.7 Å². The molecule has 0 radical (unpaired) electrons. The van der Waals surface area contributed by atoms with Gasteiger partial charge in [-0.2, -0.15) is 0 Å². The number of H-pyrrole nitrogens is 2. The minimum atomic E-state index is -0.529. The summed E-state index contributed by atoms with van der Waals surface area (Å²) < 4.78 is 46.9. The van der Waals surface area contributed by atoms with Crippen LogP contribution < -0.4 is 18.9 Å². The van der Waals surface area contributed by atoms with Crippen LogP contribution in [-0.2, 0) is 38.1 Å². The number of aromatic amines is 2. The highest BCUT2D eigenvalue weighted by Crippen LogP contribution is 2.44. The van der Waals surface area contributed by atoms with E-state index in [1.165, 1.54) is 0 Å². The number of aromatic nitrogens is 4. The van der Waals surface area contributed by atoms with Crippen LogP contribution in [0.3, 0.4) is 0 Å². The molecule has 0 spiro atoms. The molecule has 0 amide bonds. The molecule has 0 saturated heterocycles. The first kappa shape index (κ1) is 55.3. The van der Waals surface area contributed by atoms with Crippen LogP contribution >= 0.6 is 0 Å². The number of benzene rings is 4. The van der Waals surface area contributed by atoms with Gasteiger partial charge in [0.15, 0.2) is 26.4 Å². The minimum absolute atomic E-state index is 0.345. The molecular weight excluding hydrogens is 1020 g/mol. The lowest BCUT2D eigenvalue weighted by atomic mass is 10.0. The molecular formula is C64H62N4O12. The van der Waals surface area contributed by atoms with E-state index >= 15 is 0 Å². The fourth-order valence-electron chi connectivity index (χ4n) is 9.27. The molecule has 3 aromatic heterocycles. The SMILES string of the molecule is CC(C)OC(=O)COc1ccccc1-c1c2nc(c(-c3ccccc3OCC(=O)OC(C)C)c3ccc([nH]3)c(-c3ccccc3OCC(=O)OC(C)C)c3nc(c(-c4ccccc4OCC(=O)OC(C)C)c4ccc1[nH]4)C=C3)C=C2. The molecule has 2 aliphatic rings. The van der Waals surface area contributed by atoms with Crippen molar-refractivity contribution in [1.29, 1.82) is 0 Å². The second kappa shape index (κ2) is 24.9. The van der Waals surface area contributed by atoms with E-state index in [0.29, 0.717) is 112 Å². The maximum atomic E-state index is 13.0. The number of esters is 4. The largest absolute Gasteiger partial charge is 0.481 e. The van der Waals surface area contributed by atoms with Crippen molar-refractivity contribution < 1.29 is 57.1 Å². The fraction of sp³-hybridized carbons (Fsp3) is 0.250. The molecule has 410 valence electrons. The second-order valence-electron chi connectivity index (χ2n) is 19.8. The van der Waals surface area contributed by atoms with E-state index in [9.17, 15) is 19.2 Å². The van der Waals surface area contributed by atoms with Crippen LogP contribution in [0.4, 0.5) is 0 Å². The predicted octanol–water partition coefficient (Wildman–Crippen LogP) is 12.6. The summed E-state index contributed by atoms with van der Waals surface area (Å²) in [6.07, 6.45) is 6.25. The minimum Gasteiger partial charge on any atom is -0.481 e. The molecule has 7 aromatic rings. The van der Waals surface area contributed by atoms with Gasteiger partial charge in [-0.3, -0.25) is 0 Å². The fourth-order valence-corrected chi connectivity index (χ4v) is 9.27. The summed E-state index contributed by atoms with van der Waals surface area (Å²) in [5.74, 6) is -0.538. The second-order valence-corrected chi connectivity index (χ2v) is 19.8. The van der Waals surface area contributed by atoms with Crippen LogP contribution in [0.2, 0.25) is 0 Å². The third-order valence-electron chi connectivity index (χ3n) is 12.2. The van der Waals surface area contributed by atoms with Crippen molar-refractivity contribution in [2.75, 3.05) is 26.4 Å². The molecule has 2 N–H and O–H groups in total. The molecule has 16 heteroatoms. The first-order valence-corrected chi connectivity index (χ1v) is 26.4. The van der Waals surface area contributed by atoms with Gasteiger partial charge in [0.1, 0.15) is 23.0 Å². The Kier molecular flexibility index (Phi) is 17.2. The monoisotopic (exact) mass is 1080 g/mol. The van der Waals surface area contributed by atoms with Crippen molar-refractivity contribution in [2.24, 2.45) is 0 Å². The normalized spacial score (nSPS) is 11.8. The van der Waals surface area contributed by atoms with Crippen LogP contribution in [0, 0.1) is 0 Å². The molecule has 0 atom stereocenters. The number of carbonyl (C=O) groups excluding carboxylic acids is 4. The van der Waals surface area contributed by atoms with Gasteiger partial charge in [0.2, 0.25) is 0 Å². The lowest BCUT2D eigenvalue weighted by molar-refractivity contribution is -0.150. The highest BCUT2D eigenvalue weighted by molar-refractivity contribution is 6.02. The molecule has 0 saturated carbocycles. The number of rotatable bonds is 20. The van der Waals surface area contributed by atoms with Crippen molar-refractivity contribution >= 4 is 70.2 Å². The Morgan fingerprint density at radius 2 is 0.550 bits per heavy atom. The molecule has 0 fully saturated rings. The van der Waals surface area contributed by atoms with Crippen LogP contribution in [0.25, 0.3) is 90.9 Å². The molecule has 4 aromatic carbocycles. The maximum Gasteiger partial charge on any atom is 0.344 e. The molecule has 80 heavy (non-hydrogen) atoms. The Balaban J connectivity index is 1.38. The van der Waals surface area contributed by atoms with Gasteiger partial charge >= 0.3 is 23.9 Å². The first-order valence-electron chi connectivity index (χ1n) is 26.4. The van der Waals surface area contributed by atoms with E-state index < -0.39 is 23.9 Å². The van der Waals surface area contributed by atoms with Crippen LogP contribution in [0.5, 0.6) is 23.0 Å². The Bertz CT molecular complexity index is 3230. The Hall–Kier alpha value is -9.44. The van der Waals surface area contributed by atoms with Gasteiger partial charge in [-0.15, -0.1) is 0 Å². The van der Waals surface area contributed by atoms with Gasteiger partial charge in [-0.1, -0.05) is 72.8 Å². The summed E-state index contributed by atoms with van der Waals surface area (Å²) in [6, 6.07) is 37.3. The summed E-state index contributed by atoms with van der Waals surface area (Å²) >= 11 is 0. The number of nitrogens with zero attached hydrogens (tertiary/aromatic N) is 2. The Morgan fingerprint density at radius 1 is 0.338 bits per heavy atom. The molecule has 9 rings (SSSR count). The van der Waals surface area contributed by atoms with Gasteiger partial charge < -0.3 is 47.9 Å². The molecule has 0 unspecified atom stereocenters. The maximum absolute atomic E-state index is 13.0. The number of ether oxygens (including phenoxy) is 8. The predicted molar refractivity (Wildman–Crippen MR) is 307 cm³/mol. The van der Waals surface area contributed by atoms with Crippen LogP contribution in [-0.4, -0.2) is 94.7 Å². The van der Waals surface area contributed by atoms with E-state index in [2.05, 4.69) is 9.97 Å². The number of fused-ring (bicyclic) bond motifs is 8. The van der Waals surface area contributed by atoms with Gasteiger partial charge in [0.25, 0.3) is 0 Å². The van der Waals surface area contributed by atoms with Crippen molar-refractivity contribution in [3.63, 3.8) is 0 Å². The van der Waals surface area contributed by atoms with E-state index in [0.717, 1.165) is 0 Å². The number of nitrogens with one attached hydrogen (secondary N) is 2.